The summed E-state index contributed by atoms with van der Waals surface area (Å²) in [5, 5.41) is 9.99. The van der Waals surface area contributed by atoms with Gasteiger partial charge in [0.25, 0.3) is 0 Å². The topological polar surface area (TPSA) is 64.3 Å². The molecule has 0 saturated carbocycles. The highest BCUT2D eigenvalue weighted by Crippen LogP contribution is 2.22. The molecule has 1 aromatic carbocycles. The lowest BCUT2D eigenvalue weighted by Crippen LogP contribution is -2.17. The molecule has 0 bridgehead atoms. The van der Waals surface area contributed by atoms with E-state index in [1.807, 2.05) is 6.07 Å². The van der Waals surface area contributed by atoms with Crippen molar-refractivity contribution in [3.05, 3.63) is 48.5 Å². The van der Waals surface area contributed by atoms with Gasteiger partial charge in [0.2, 0.25) is 0 Å². The molecule has 0 aliphatic carbocycles. The van der Waals surface area contributed by atoms with Crippen molar-refractivity contribution in [2.75, 3.05) is 6.61 Å². The smallest absolute Gasteiger partial charge is 0.339 e. The predicted molar refractivity (Wildman–Crippen MR) is 65.2 cm³/mol. The van der Waals surface area contributed by atoms with Gasteiger partial charge >= 0.3 is 5.97 Å². The van der Waals surface area contributed by atoms with Crippen LogP contribution in [0.5, 0.6) is 0 Å². The van der Waals surface area contributed by atoms with Gasteiger partial charge in [0.1, 0.15) is 0 Å². The van der Waals surface area contributed by atoms with Crippen molar-refractivity contribution >= 4 is 5.97 Å². The van der Waals surface area contributed by atoms with Crippen LogP contribution in [0.1, 0.15) is 18.6 Å². The SMILES string of the molecule is CCOC(=O)C(O)c1ccccc1-n1ccnc1. The fraction of sp³-hybridized carbons (Fsp3) is 0.231. The van der Waals surface area contributed by atoms with Crippen molar-refractivity contribution in [3.8, 4) is 5.69 Å². The fourth-order valence-corrected chi connectivity index (χ4v) is 1.70. The highest BCUT2D eigenvalue weighted by molar-refractivity contribution is 5.77. The molecule has 0 saturated heterocycles. The molecule has 0 spiro atoms. The van der Waals surface area contributed by atoms with Gasteiger partial charge in [-0.1, -0.05) is 18.2 Å². The van der Waals surface area contributed by atoms with E-state index in [1.54, 1.807) is 48.4 Å². The zero-order valence-corrected chi connectivity index (χ0v) is 9.98. The minimum Gasteiger partial charge on any atom is -0.464 e. The number of aliphatic hydroxyl groups is 1. The van der Waals surface area contributed by atoms with Gasteiger partial charge in [0, 0.05) is 18.0 Å². The lowest BCUT2D eigenvalue weighted by atomic mass is 10.1. The number of rotatable bonds is 4. The second-order valence-electron chi connectivity index (χ2n) is 3.68. The summed E-state index contributed by atoms with van der Waals surface area (Å²) in [5.41, 5.74) is 1.20. The maximum absolute atomic E-state index is 11.6. The van der Waals surface area contributed by atoms with Crippen molar-refractivity contribution < 1.29 is 14.6 Å². The first-order valence-corrected chi connectivity index (χ1v) is 5.66. The number of nitrogens with zero attached hydrogens (tertiary/aromatic N) is 2. The normalized spacial score (nSPS) is 12.1. The summed E-state index contributed by atoms with van der Waals surface area (Å²) >= 11 is 0. The maximum atomic E-state index is 11.6. The molecule has 0 aliphatic rings. The Hall–Kier alpha value is -2.14. The van der Waals surface area contributed by atoms with Crippen LogP contribution in [0.2, 0.25) is 0 Å². The van der Waals surface area contributed by atoms with Crippen LogP contribution in [-0.2, 0) is 9.53 Å². The van der Waals surface area contributed by atoms with Crippen LogP contribution >= 0.6 is 0 Å². The lowest BCUT2D eigenvalue weighted by molar-refractivity contribution is -0.153. The summed E-state index contributed by atoms with van der Waals surface area (Å²) in [6.07, 6.45) is 3.70. The van der Waals surface area contributed by atoms with Crippen LogP contribution in [0.3, 0.4) is 0 Å². The Morgan fingerprint density at radius 3 is 2.94 bits per heavy atom. The minimum atomic E-state index is -1.29. The average Bonchev–Trinajstić information content (AvgIpc) is 2.92. The summed E-state index contributed by atoms with van der Waals surface area (Å²) in [6.45, 7) is 1.94. The minimum absolute atomic E-state index is 0.239. The van der Waals surface area contributed by atoms with Gasteiger partial charge in [-0.3, -0.25) is 0 Å². The van der Waals surface area contributed by atoms with E-state index in [0.717, 1.165) is 0 Å². The van der Waals surface area contributed by atoms with Crippen LogP contribution in [0, 0.1) is 0 Å². The number of aromatic nitrogens is 2. The highest BCUT2D eigenvalue weighted by atomic mass is 16.5. The lowest BCUT2D eigenvalue weighted by Gasteiger charge is -2.14. The van der Waals surface area contributed by atoms with Crippen molar-refractivity contribution in [3.63, 3.8) is 0 Å². The molecule has 5 heteroatoms. The van der Waals surface area contributed by atoms with E-state index in [0.29, 0.717) is 11.3 Å². The van der Waals surface area contributed by atoms with E-state index in [2.05, 4.69) is 4.98 Å². The number of hydrogen-bond donors (Lipinski definition) is 1. The van der Waals surface area contributed by atoms with Gasteiger partial charge in [-0.25, -0.2) is 9.78 Å². The third-order valence-corrected chi connectivity index (χ3v) is 2.52. The van der Waals surface area contributed by atoms with Crippen LogP contribution in [0.15, 0.2) is 43.0 Å². The molecule has 1 unspecified atom stereocenters. The first kappa shape index (κ1) is 12.3. The van der Waals surface area contributed by atoms with E-state index in [1.165, 1.54) is 0 Å². The third-order valence-electron chi connectivity index (χ3n) is 2.52. The average molecular weight is 246 g/mol. The Kier molecular flexibility index (Phi) is 3.74. The Morgan fingerprint density at radius 2 is 2.28 bits per heavy atom. The van der Waals surface area contributed by atoms with Gasteiger partial charge in [0.15, 0.2) is 6.10 Å². The summed E-state index contributed by atoms with van der Waals surface area (Å²) in [5.74, 6) is -0.648. The van der Waals surface area contributed by atoms with Crippen LogP contribution in [0.4, 0.5) is 0 Å². The van der Waals surface area contributed by atoms with Crippen LogP contribution in [-0.4, -0.2) is 27.2 Å². The second kappa shape index (κ2) is 5.46. The number of aliphatic hydroxyl groups excluding tert-OH is 1. The first-order valence-electron chi connectivity index (χ1n) is 5.66. The quantitative estimate of drug-likeness (QED) is 0.830. The van der Waals surface area contributed by atoms with E-state index in [9.17, 15) is 9.90 Å². The number of hydrogen-bond acceptors (Lipinski definition) is 4. The predicted octanol–water partition coefficient (Wildman–Crippen LogP) is 1.47. The molecular formula is C13H14N2O3. The molecule has 1 heterocycles. The zero-order valence-electron chi connectivity index (χ0n) is 9.98. The molecule has 2 aromatic rings. The van der Waals surface area contributed by atoms with Gasteiger partial charge in [-0.05, 0) is 13.0 Å². The van der Waals surface area contributed by atoms with E-state index in [-0.39, 0.29) is 6.61 Å². The fourth-order valence-electron chi connectivity index (χ4n) is 1.70. The third kappa shape index (κ3) is 2.41. The second-order valence-corrected chi connectivity index (χ2v) is 3.68. The van der Waals surface area contributed by atoms with Gasteiger partial charge in [-0.2, -0.15) is 0 Å². The molecule has 1 N–H and O–H groups in total. The molecule has 94 valence electrons. The number of carbonyl (C=O) groups is 1. The Balaban J connectivity index is 2.36. The molecule has 0 radical (unpaired) electrons. The largest absolute Gasteiger partial charge is 0.464 e. The van der Waals surface area contributed by atoms with E-state index in [4.69, 9.17) is 4.74 Å². The van der Waals surface area contributed by atoms with Crippen molar-refractivity contribution in [1.82, 2.24) is 9.55 Å². The number of carbonyl (C=O) groups excluding carboxylic acids is 1. The zero-order chi connectivity index (χ0) is 13.0. The molecule has 18 heavy (non-hydrogen) atoms. The Bertz CT molecular complexity index is 523. The van der Waals surface area contributed by atoms with E-state index < -0.39 is 12.1 Å². The summed E-state index contributed by atoms with van der Waals surface area (Å²) in [7, 11) is 0. The molecule has 0 aliphatic heterocycles. The highest BCUT2D eigenvalue weighted by Gasteiger charge is 2.21. The van der Waals surface area contributed by atoms with Crippen molar-refractivity contribution in [2.24, 2.45) is 0 Å². The standard InChI is InChI=1S/C13H14N2O3/c1-2-18-13(17)12(16)10-5-3-4-6-11(10)15-8-7-14-9-15/h3-9,12,16H,2H2,1H3. The summed E-state index contributed by atoms with van der Waals surface area (Å²) in [4.78, 5) is 15.5. The van der Waals surface area contributed by atoms with Gasteiger partial charge in [0.05, 0.1) is 18.6 Å². The molecule has 2 rings (SSSR count). The Morgan fingerprint density at radius 1 is 1.50 bits per heavy atom. The van der Waals surface area contributed by atoms with Gasteiger partial charge in [-0.15, -0.1) is 0 Å². The van der Waals surface area contributed by atoms with Gasteiger partial charge < -0.3 is 14.4 Å². The molecule has 1 atom stereocenters. The van der Waals surface area contributed by atoms with Crippen molar-refractivity contribution in [1.29, 1.82) is 0 Å². The molecular weight excluding hydrogens is 232 g/mol. The summed E-state index contributed by atoms with van der Waals surface area (Å²) in [6, 6.07) is 7.09. The number of ether oxygens (including phenoxy) is 1. The molecule has 5 nitrogen and oxygen atoms in total. The van der Waals surface area contributed by atoms with Crippen molar-refractivity contribution in [2.45, 2.75) is 13.0 Å². The Labute approximate surface area is 105 Å². The number of esters is 1. The number of para-hydroxylation sites is 1. The van der Waals surface area contributed by atoms with Crippen LogP contribution < -0.4 is 0 Å². The number of imidazole rings is 1. The summed E-state index contributed by atoms with van der Waals surface area (Å²) < 4.78 is 6.55. The number of benzene rings is 1. The molecule has 0 fully saturated rings. The first-order chi connectivity index (χ1) is 8.74. The monoisotopic (exact) mass is 246 g/mol. The maximum Gasteiger partial charge on any atom is 0.339 e. The van der Waals surface area contributed by atoms with E-state index >= 15 is 0 Å². The molecule has 1 aromatic heterocycles. The van der Waals surface area contributed by atoms with Crippen LogP contribution in [0.25, 0.3) is 5.69 Å². The molecule has 0 amide bonds.